The van der Waals surface area contributed by atoms with E-state index >= 15 is 0 Å². The Labute approximate surface area is 123 Å². The highest BCUT2D eigenvalue weighted by atomic mass is 32.2. The summed E-state index contributed by atoms with van der Waals surface area (Å²) < 4.78 is 11.0. The maximum absolute atomic E-state index is 11.0. The first kappa shape index (κ1) is 13.1. The minimum atomic E-state index is -0.632. The van der Waals surface area contributed by atoms with Gasteiger partial charge in [-0.15, -0.1) is 0 Å². The molecule has 0 aliphatic carbocycles. The smallest absolute Gasteiger partial charge is 0.184 e. The maximum atomic E-state index is 11.0. The van der Waals surface area contributed by atoms with E-state index in [4.69, 9.17) is 9.47 Å². The van der Waals surface area contributed by atoms with Gasteiger partial charge in [-0.1, -0.05) is 24.3 Å². The zero-order valence-corrected chi connectivity index (χ0v) is 12.3. The lowest BCUT2D eigenvalue weighted by atomic mass is 9.85. The molecule has 3 aliphatic rings. The second-order valence-corrected chi connectivity index (χ2v) is 7.70. The van der Waals surface area contributed by atoms with Crippen LogP contribution in [0, 0.1) is 0 Å². The van der Waals surface area contributed by atoms with Gasteiger partial charge in [-0.2, -0.15) is 11.8 Å². The molecular weight excluding hydrogens is 272 g/mol. The van der Waals surface area contributed by atoms with Gasteiger partial charge in [0, 0.05) is 16.1 Å². The lowest BCUT2D eigenvalue weighted by Crippen LogP contribution is -2.34. The molecule has 0 aromatic heterocycles. The minimum absolute atomic E-state index is 0.225. The first-order chi connectivity index (χ1) is 9.73. The standard InChI is InChI=1S/C16H20O3S/c17-16(9-13-5-6-14(10-16)20-13)12-3-1-11(2-4-12)15-18-7-8-19-15/h1-4,13-15,17H,5-10H2. The van der Waals surface area contributed by atoms with Crippen molar-refractivity contribution in [1.82, 2.24) is 0 Å². The Morgan fingerprint density at radius 1 is 1.00 bits per heavy atom. The molecule has 2 unspecified atom stereocenters. The van der Waals surface area contributed by atoms with Crippen LogP contribution >= 0.6 is 11.8 Å². The van der Waals surface area contributed by atoms with Gasteiger partial charge in [0.05, 0.1) is 18.8 Å². The molecule has 1 aromatic carbocycles. The van der Waals surface area contributed by atoms with Gasteiger partial charge in [-0.3, -0.25) is 0 Å². The number of ether oxygens (including phenoxy) is 2. The predicted octanol–water partition coefficient (Wildman–Crippen LogP) is 2.98. The van der Waals surface area contributed by atoms with E-state index in [-0.39, 0.29) is 6.29 Å². The Kier molecular flexibility index (Phi) is 3.30. The Morgan fingerprint density at radius 3 is 2.20 bits per heavy atom. The molecule has 1 N–H and O–H groups in total. The summed E-state index contributed by atoms with van der Waals surface area (Å²) in [7, 11) is 0. The molecule has 1 aromatic rings. The number of thioether (sulfide) groups is 1. The van der Waals surface area contributed by atoms with Gasteiger partial charge in [0.25, 0.3) is 0 Å². The number of fused-ring (bicyclic) bond motifs is 2. The van der Waals surface area contributed by atoms with Crippen molar-refractivity contribution in [3.63, 3.8) is 0 Å². The van der Waals surface area contributed by atoms with E-state index in [1.54, 1.807) is 0 Å². The fraction of sp³-hybridized carbons (Fsp3) is 0.625. The Balaban J connectivity index is 1.55. The molecule has 4 rings (SSSR count). The summed E-state index contributed by atoms with van der Waals surface area (Å²) in [5.74, 6) is 0. The van der Waals surface area contributed by atoms with E-state index < -0.39 is 5.60 Å². The van der Waals surface area contributed by atoms with Crippen molar-refractivity contribution in [3.8, 4) is 0 Å². The quantitative estimate of drug-likeness (QED) is 0.909. The Hall–Kier alpha value is -0.550. The van der Waals surface area contributed by atoms with E-state index in [1.165, 1.54) is 12.8 Å². The fourth-order valence-corrected chi connectivity index (χ4v) is 5.49. The van der Waals surface area contributed by atoms with Crippen molar-refractivity contribution >= 4 is 11.8 Å². The normalized spacial score (nSPS) is 37.5. The topological polar surface area (TPSA) is 38.7 Å². The van der Waals surface area contributed by atoms with Crippen molar-refractivity contribution in [2.24, 2.45) is 0 Å². The van der Waals surface area contributed by atoms with E-state index in [2.05, 4.69) is 23.9 Å². The highest BCUT2D eigenvalue weighted by Crippen LogP contribution is 2.51. The van der Waals surface area contributed by atoms with Crippen LogP contribution in [0.4, 0.5) is 0 Å². The number of hydrogen-bond donors (Lipinski definition) is 1. The van der Waals surface area contributed by atoms with E-state index in [9.17, 15) is 5.11 Å². The molecule has 0 saturated carbocycles. The highest BCUT2D eigenvalue weighted by Gasteiger charge is 2.44. The van der Waals surface area contributed by atoms with E-state index in [0.717, 1.165) is 24.0 Å². The Morgan fingerprint density at radius 2 is 1.60 bits per heavy atom. The van der Waals surface area contributed by atoms with Crippen LogP contribution in [-0.4, -0.2) is 28.8 Å². The molecule has 3 aliphatic heterocycles. The summed E-state index contributed by atoms with van der Waals surface area (Å²) >= 11 is 2.07. The average molecular weight is 292 g/mol. The summed E-state index contributed by atoms with van der Waals surface area (Å²) in [6, 6.07) is 8.17. The van der Waals surface area contributed by atoms with Crippen LogP contribution in [0.25, 0.3) is 0 Å². The largest absolute Gasteiger partial charge is 0.385 e. The van der Waals surface area contributed by atoms with Crippen LogP contribution < -0.4 is 0 Å². The molecule has 0 amide bonds. The Bertz CT molecular complexity index is 469. The first-order valence-electron chi connectivity index (χ1n) is 7.44. The summed E-state index contributed by atoms with van der Waals surface area (Å²) in [6.45, 7) is 1.33. The third-order valence-corrected chi connectivity index (χ3v) is 6.24. The maximum Gasteiger partial charge on any atom is 0.184 e. The van der Waals surface area contributed by atoms with Crippen LogP contribution in [0.1, 0.15) is 43.1 Å². The van der Waals surface area contributed by atoms with Crippen LogP contribution in [0.5, 0.6) is 0 Å². The molecule has 3 fully saturated rings. The lowest BCUT2D eigenvalue weighted by molar-refractivity contribution is -0.0442. The zero-order valence-electron chi connectivity index (χ0n) is 11.5. The SMILES string of the molecule is OC1(c2ccc(C3OCCO3)cc2)CC2CCC(C1)S2. The first-order valence-corrected chi connectivity index (χ1v) is 8.39. The zero-order chi connectivity index (χ0) is 13.6. The molecule has 3 nitrogen and oxygen atoms in total. The number of rotatable bonds is 2. The van der Waals surface area contributed by atoms with Crippen LogP contribution in [-0.2, 0) is 15.1 Å². The van der Waals surface area contributed by atoms with Crippen LogP contribution in [0.3, 0.4) is 0 Å². The number of aliphatic hydroxyl groups is 1. The number of benzene rings is 1. The molecule has 0 radical (unpaired) electrons. The fourth-order valence-electron chi connectivity index (χ4n) is 3.65. The molecule has 2 atom stereocenters. The molecule has 2 bridgehead atoms. The van der Waals surface area contributed by atoms with Gasteiger partial charge in [0.1, 0.15) is 0 Å². The van der Waals surface area contributed by atoms with E-state index in [0.29, 0.717) is 23.7 Å². The van der Waals surface area contributed by atoms with Crippen molar-refractivity contribution in [3.05, 3.63) is 35.4 Å². The van der Waals surface area contributed by atoms with Crippen LogP contribution in [0.2, 0.25) is 0 Å². The lowest BCUT2D eigenvalue weighted by Gasteiger charge is -2.36. The third-order valence-electron chi connectivity index (χ3n) is 4.67. The highest BCUT2D eigenvalue weighted by molar-refractivity contribution is 8.00. The van der Waals surface area contributed by atoms with Gasteiger partial charge in [0.15, 0.2) is 6.29 Å². The van der Waals surface area contributed by atoms with Crippen molar-refractivity contribution < 1.29 is 14.6 Å². The van der Waals surface area contributed by atoms with Gasteiger partial charge >= 0.3 is 0 Å². The summed E-state index contributed by atoms with van der Waals surface area (Å²) in [6.07, 6.45) is 4.09. The van der Waals surface area contributed by atoms with Gasteiger partial charge < -0.3 is 14.6 Å². The monoisotopic (exact) mass is 292 g/mol. The summed E-state index contributed by atoms with van der Waals surface area (Å²) in [5, 5.41) is 12.3. The summed E-state index contributed by atoms with van der Waals surface area (Å²) in [4.78, 5) is 0. The van der Waals surface area contributed by atoms with Crippen molar-refractivity contribution in [2.45, 2.75) is 48.1 Å². The molecule has 108 valence electrons. The van der Waals surface area contributed by atoms with Crippen LogP contribution in [0.15, 0.2) is 24.3 Å². The van der Waals surface area contributed by atoms with Gasteiger partial charge in [-0.05, 0) is 31.2 Å². The molecule has 4 heteroatoms. The van der Waals surface area contributed by atoms with Crippen molar-refractivity contribution in [2.75, 3.05) is 13.2 Å². The summed E-state index contributed by atoms with van der Waals surface area (Å²) in [5.41, 5.74) is 1.46. The third kappa shape index (κ3) is 2.29. The van der Waals surface area contributed by atoms with Crippen molar-refractivity contribution in [1.29, 1.82) is 0 Å². The second-order valence-electron chi connectivity index (χ2n) is 6.09. The molecular formula is C16H20O3S. The molecule has 20 heavy (non-hydrogen) atoms. The average Bonchev–Trinajstić information content (AvgIpc) is 3.09. The second kappa shape index (κ2) is 5.02. The minimum Gasteiger partial charge on any atom is -0.385 e. The van der Waals surface area contributed by atoms with Gasteiger partial charge in [-0.25, -0.2) is 0 Å². The molecule has 3 saturated heterocycles. The number of hydrogen-bond acceptors (Lipinski definition) is 4. The van der Waals surface area contributed by atoms with Gasteiger partial charge in [0.2, 0.25) is 0 Å². The predicted molar refractivity (Wildman–Crippen MR) is 78.6 cm³/mol. The van der Waals surface area contributed by atoms with E-state index in [1.807, 2.05) is 12.1 Å². The molecule has 3 heterocycles. The molecule has 0 spiro atoms.